The molecule has 0 bridgehead atoms. The number of hydrogen-bond acceptors (Lipinski definition) is 4. The first-order chi connectivity index (χ1) is 9.56. The predicted molar refractivity (Wildman–Crippen MR) is 68.1 cm³/mol. The van der Waals surface area contributed by atoms with Crippen LogP contribution >= 0.6 is 0 Å². The first kappa shape index (κ1) is 13.7. The van der Waals surface area contributed by atoms with Crippen molar-refractivity contribution < 1.29 is 19.1 Å². The Bertz CT molecular complexity index is 617. The zero-order chi connectivity index (χ0) is 14.5. The summed E-state index contributed by atoms with van der Waals surface area (Å²) < 4.78 is 5.01. The largest absolute Gasteiger partial charge is 0.475 e. The van der Waals surface area contributed by atoms with Crippen LogP contribution < -0.4 is 10.6 Å². The Kier molecular flexibility index (Phi) is 4.04. The lowest BCUT2D eigenvalue weighted by Crippen LogP contribution is -2.34. The molecule has 0 fully saturated rings. The number of aryl methyl sites for hydroxylation is 1. The van der Waals surface area contributed by atoms with Gasteiger partial charge in [0.1, 0.15) is 5.76 Å². The number of carboxylic acid groups (broad SMARTS) is 1. The number of H-pyrrole nitrogens is 1. The standard InChI is InChI=1S/C12H14N4O4/c1-7-8(5-15-16-7)4-13-12(19)14-6-9-2-3-10(20-9)11(17)18/h2-3,5H,4,6H2,1H3,(H,15,16)(H,17,18)(H2,13,14,19). The molecule has 2 amide bonds. The third kappa shape index (κ3) is 3.37. The number of aromatic nitrogens is 2. The number of carboxylic acids is 1. The van der Waals surface area contributed by atoms with Gasteiger partial charge in [-0.25, -0.2) is 9.59 Å². The van der Waals surface area contributed by atoms with Gasteiger partial charge in [0, 0.05) is 17.8 Å². The molecular formula is C12H14N4O4. The first-order valence-electron chi connectivity index (χ1n) is 5.89. The highest BCUT2D eigenvalue weighted by atomic mass is 16.4. The molecule has 2 aromatic rings. The molecule has 0 aliphatic carbocycles. The molecule has 2 rings (SSSR count). The van der Waals surface area contributed by atoms with Gasteiger partial charge in [-0.2, -0.15) is 5.10 Å². The highest BCUT2D eigenvalue weighted by molar-refractivity contribution is 5.84. The Labute approximate surface area is 114 Å². The van der Waals surface area contributed by atoms with Crippen molar-refractivity contribution in [3.05, 3.63) is 41.1 Å². The SMILES string of the molecule is Cc1[nH]ncc1CNC(=O)NCc1ccc(C(=O)O)o1. The molecule has 8 nitrogen and oxygen atoms in total. The van der Waals surface area contributed by atoms with Crippen LogP contribution in [0.2, 0.25) is 0 Å². The summed E-state index contributed by atoms with van der Waals surface area (Å²) in [4.78, 5) is 22.2. The maximum Gasteiger partial charge on any atom is 0.371 e. The van der Waals surface area contributed by atoms with E-state index < -0.39 is 5.97 Å². The van der Waals surface area contributed by atoms with E-state index in [1.807, 2.05) is 6.92 Å². The van der Waals surface area contributed by atoms with Crippen LogP contribution in [0.4, 0.5) is 4.79 Å². The third-order valence-corrected chi connectivity index (χ3v) is 2.67. The highest BCUT2D eigenvalue weighted by Gasteiger charge is 2.09. The number of rotatable bonds is 5. The van der Waals surface area contributed by atoms with E-state index in [9.17, 15) is 9.59 Å². The zero-order valence-electron chi connectivity index (χ0n) is 10.8. The maximum atomic E-state index is 11.6. The van der Waals surface area contributed by atoms with Gasteiger partial charge in [-0.05, 0) is 19.1 Å². The number of furan rings is 1. The van der Waals surface area contributed by atoms with Gasteiger partial charge in [0.25, 0.3) is 0 Å². The van der Waals surface area contributed by atoms with Crippen LogP contribution in [0.1, 0.15) is 27.6 Å². The van der Waals surface area contributed by atoms with E-state index in [1.54, 1.807) is 6.20 Å². The van der Waals surface area contributed by atoms with Gasteiger partial charge in [-0.3, -0.25) is 5.10 Å². The van der Waals surface area contributed by atoms with Gasteiger partial charge < -0.3 is 20.2 Å². The van der Waals surface area contributed by atoms with Crippen LogP contribution in [0.15, 0.2) is 22.7 Å². The second-order valence-electron chi connectivity index (χ2n) is 4.13. The lowest BCUT2D eigenvalue weighted by Gasteiger charge is -2.05. The van der Waals surface area contributed by atoms with E-state index in [4.69, 9.17) is 9.52 Å². The van der Waals surface area contributed by atoms with E-state index in [0.29, 0.717) is 12.3 Å². The van der Waals surface area contributed by atoms with Crippen molar-refractivity contribution >= 4 is 12.0 Å². The number of nitrogens with one attached hydrogen (secondary N) is 3. The molecular weight excluding hydrogens is 264 g/mol. The Hall–Kier alpha value is -2.77. The molecule has 0 radical (unpaired) electrons. The van der Waals surface area contributed by atoms with Crippen LogP contribution in [0, 0.1) is 6.92 Å². The monoisotopic (exact) mass is 278 g/mol. The molecule has 8 heteroatoms. The second-order valence-corrected chi connectivity index (χ2v) is 4.13. The Morgan fingerprint density at radius 2 is 2.10 bits per heavy atom. The van der Waals surface area contributed by atoms with Crippen molar-refractivity contribution in [1.82, 2.24) is 20.8 Å². The quantitative estimate of drug-likeness (QED) is 0.650. The number of nitrogens with zero attached hydrogens (tertiary/aromatic N) is 1. The van der Waals surface area contributed by atoms with Gasteiger partial charge in [-0.1, -0.05) is 0 Å². The van der Waals surface area contributed by atoms with Crippen molar-refractivity contribution in [1.29, 1.82) is 0 Å². The molecule has 0 unspecified atom stereocenters. The number of carbonyl (C=O) groups excluding carboxylic acids is 1. The molecule has 0 atom stereocenters. The fourth-order valence-corrected chi connectivity index (χ4v) is 1.55. The minimum atomic E-state index is -1.14. The minimum Gasteiger partial charge on any atom is -0.475 e. The fraction of sp³-hybridized carbons (Fsp3) is 0.250. The summed E-state index contributed by atoms with van der Waals surface area (Å²) in [5.41, 5.74) is 1.79. The summed E-state index contributed by atoms with van der Waals surface area (Å²) in [6.45, 7) is 2.33. The second kappa shape index (κ2) is 5.91. The van der Waals surface area contributed by atoms with E-state index >= 15 is 0 Å². The average Bonchev–Trinajstić information content (AvgIpc) is 3.03. The lowest BCUT2D eigenvalue weighted by atomic mass is 10.3. The molecule has 0 spiro atoms. The first-order valence-corrected chi connectivity index (χ1v) is 5.89. The molecule has 0 aliphatic heterocycles. The number of carbonyl (C=O) groups is 2. The lowest BCUT2D eigenvalue weighted by molar-refractivity contribution is 0.0660. The van der Waals surface area contributed by atoms with E-state index in [0.717, 1.165) is 11.3 Å². The highest BCUT2D eigenvalue weighted by Crippen LogP contribution is 2.07. The summed E-state index contributed by atoms with van der Waals surface area (Å²) in [5, 5.41) is 20.5. The molecule has 2 heterocycles. The smallest absolute Gasteiger partial charge is 0.371 e. The number of urea groups is 1. The molecule has 4 N–H and O–H groups in total. The van der Waals surface area contributed by atoms with E-state index in [1.165, 1.54) is 12.1 Å². The molecule has 0 saturated carbocycles. The number of aromatic carboxylic acids is 1. The van der Waals surface area contributed by atoms with Crippen LogP contribution in [-0.2, 0) is 13.1 Å². The molecule has 20 heavy (non-hydrogen) atoms. The number of aromatic amines is 1. The fourth-order valence-electron chi connectivity index (χ4n) is 1.55. The van der Waals surface area contributed by atoms with Crippen molar-refractivity contribution in [2.45, 2.75) is 20.0 Å². The molecule has 0 aliphatic rings. The van der Waals surface area contributed by atoms with Crippen LogP contribution in [-0.4, -0.2) is 27.3 Å². The summed E-state index contributed by atoms with van der Waals surface area (Å²) >= 11 is 0. The Morgan fingerprint density at radius 1 is 1.35 bits per heavy atom. The average molecular weight is 278 g/mol. The van der Waals surface area contributed by atoms with Crippen molar-refractivity contribution in [2.24, 2.45) is 0 Å². The van der Waals surface area contributed by atoms with Gasteiger partial charge in [0.15, 0.2) is 0 Å². The van der Waals surface area contributed by atoms with E-state index in [2.05, 4.69) is 20.8 Å². The van der Waals surface area contributed by atoms with Gasteiger partial charge in [0.2, 0.25) is 5.76 Å². The van der Waals surface area contributed by atoms with Gasteiger partial charge in [0.05, 0.1) is 12.7 Å². The van der Waals surface area contributed by atoms with Crippen molar-refractivity contribution in [3.8, 4) is 0 Å². The Morgan fingerprint density at radius 3 is 2.70 bits per heavy atom. The van der Waals surface area contributed by atoms with Crippen LogP contribution in [0.25, 0.3) is 0 Å². The summed E-state index contributed by atoms with van der Waals surface area (Å²) in [7, 11) is 0. The van der Waals surface area contributed by atoms with Crippen LogP contribution in [0.3, 0.4) is 0 Å². The minimum absolute atomic E-state index is 0.115. The molecule has 2 aromatic heterocycles. The normalized spacial score (nSPS) is 10.2. The van der Waals surface area contributed by atoms with Crippen LogP contribution in [0.5, 0.6) is 0 Å². The molecule has 0 saturated heterocycles. The third-order valence-electron chi connectivity index (χ3n) is 2.67. The van der Waals surface area contributed by atoms with E-state index in [-0.39, 0.29) is 18.3 Å². The zero-order valence-corrected chi connectivity index (χ0v) is 10.8. The van der Waals surface area contributed by atoms with Crippen molar-refractivity contribution in [2.75, 3.05) is 0 Å². The maximum absolute atomic E-state index is 11.6. The molecule has 0 aromatic carbocycles. The summed E-state index contributed by atoms with van der Waals surface area (Å²) in [5.74, 6) is -0.926. The Balaban J connectivity index is 1.77. The number of hydrogen-bond donors (Lipinski definition) is 4. The number of amides is 2. The van der Waals surface area contributed by atoms with Gasteiger partial charge >= 0.3 is 12.0 Å². The summed E-state index contributed by atoms with van der Waals surface area (Å²) in [6, 6.07) is 2.47. The topological polar surface area (TPSA) is 120 Å². The molecule has 106 valence electrons. The van der Waals surface area contributed by atoms with Crippen molar-refractivity contribution in [3.63, 3.8) is 0 Å². The van der Waals surface area contributed by atoms with Gasteiger partial charge in [-0.15, -0.1) is 0 Å². The summed E-state index contributed by atoms with van der Waals surface area (Å²) in [6.07, 6.45) is 1.64. The predicted octanol–water partition coefficient (Wildman–Crippen LogP) is 1.01.